The Labute approximate surface area is 236 Å². The molecule has 0 unspecified atom stereocenters. The summed E-state index contributed by atoms with van der Waals surface area (Å²) >= 11 is 1.15. The van der Waals surface area contributed by atoms with Crippen molar-refractivity contribution in [1.82, 2.24) is 9.47 Å². The van der Waals surface area contributed by atoms with Crippen LogP contribution in [-0.4, -0.2) is 52.6 Å². The highest BCUT2D eigenvalue weighted by atomic mass is 32.1. The molecule has 4 aromatic rings. The number of amides is 1. The van der Waals surface area contributed by atoms with Gasteiger partial charge in [0.1, 0.15) is 6.29 Å². The third-order valence-corrected chi connectivity index (χ3v) is 9.13. The Bertz CT molecular complexity index is 1630. The average molecular weight is 554 g/mol. The van der Waals surface area contributed by atoms with Gasteiger partial charge in [-0.1, -0.05) is 66.0 Å². The van der Waals surface area contributed by atoms with Crippen LogP contribution in [0.4, 0.5) is 10.5 Å². The van der Waals surface area contributed by atoms with Crippen molar-refractivity contribution >= 4 is 45.7 Å². The molecule has 1 amide bonds. The van der Waals surface area contributed by atoms with Gasteiger partial charge in [0, 0.05) is 24.2 Å². The SMILES string of the molecule is O=Cc1ccc2c(c1)sc(=O)n2CCC=Cc1ccc(-c2ccccc2)c(N(C(=O)O)[C@H]2CN3CCC2CC3)c1. The summed E-state index contributed by atoms with van der Waals surface area (Å²) < 4.78 is 2.55. The lowest BCUT2D eigenvalue weighted by Crippen LogP contribution is -2.59. The van der Waals surface area contributed by atoms with E-state index in [1.54, 1.807) is 21.6 Å². The molecule has 4 heterocycles. The lowest BCUT2D eigenvalue weighted by molar-refractivity contribution is 0.0838. The van der Waals surface area contributed by atoms with Crippen molar-refractivity contribution < 1.29 is 14.7 Å². The van der Waals surface area contributed by atoms with Crippen molar-refractivity contribution in [3.63, 3.8) is 0 Å². The van der Waals surface area contributed by atoms with E-state index in [1.165, 1.54) is 0 Å². The summed E-state index contributed by atoms with van der Waals surface area (Å²) in [6.45, 7) is 3.38. The molecule has 7 nitrogen and oxygen atoms in total. The van der Waals surface area contributed by atoms with Crippen LogP contribution in [0.1, 0.15) is 35.2 Å². The number of aryl methyl sites for hydroxylation is 1. The molecule has 7 rings (SSSR count). The Morgan fingerprint density at radius 2 is 1.80 bits per heavy atom. The number of fused-ring (bicyclic) bond motifs is 4. The average Bonchev–Trinajstić information content (AvgIpc) is 3.30. The molecule has 0 radical (unpaired) electrons. The minimum atomic E-state index is -0.918. The zero-order valence-corrected chi connectivity index (χ0v) is 22.9. The van der Waals surface area contributed by atoms with E-state index in [4.69, 9.17) is 0 Å². The summed E-state index contributed by atoms with van der Waals surface area (Å²) in [5, 5.41) is 10.5. The molecule has 1 N–H and O–H groups in total. The summed E-state index contributed by atoms with van der Waals surface area (Å²) in [4.78, 5) is 40.4. The number of carboxylic acid groups (broad SMARTS) is 1. The number of thiazole rings is 1. The number of anilines is 1. The Kier molecular flexibility index (Phi) is 7.36. The summed E-state index contributed by atoms with van der Waals surface area (Å²) in [5.41, 5.74) is 4.91. The maximum atomic E-state index is 12.8. The molecule has 3 saturated heterocycles. The Balaban J connectivity index is 1.29. The van der Waals surface area contributed by atoms with Crippen LogP contribution in [0, 0.1) is 5.92 Å². The Hall–Kier alpha value is -4.01. The number of hydrogen-bond donors (Lipinski definition) is 1. The number of benzene rings is 3. The monoisotopic (exact) mass is 553 g/mol. The van der Waals surface area contributed by atoms with Gasteiger partial charge in [0.05, 0.1) is 21.9 Å². The number of nitrogens with zero attached hydrogens (tertiary/aromatic N) is 3. The van der Waals surface area contributed by atoms with Crippen LogP contribution in [0.15, 0.2) is 77.6 Å². The molecule has 1 atom stereocenters. The highest BCUT2D eigenvalue weighted by molar-refractivity contribution is 7.16. The largest absolute Gasteiger partial charge is 0.465 e. The maximum Gasteiger partial charge on any atom is 0.412 e. The molecule has 3 aliphatic rings. The molecule has 204 valence electrons. The second-order valence-corrected chi connectivity index (χ2v) is 11.5. The van der Waals surface area contributed by atoms with Crippen LogP contribution in [0.25, 0.3) is 27.4 Å². The van der Waals surface area contributed by atoms with E-state index < -0.39 is 6.09 Å². The first kappa shape index (κ1) is 26.2. The number of carbonyl (C=O) groups is 2. The number of aldehydes is 1. The minimum Gasteiger partial charge on any atom is -0.465 e. The predicted octanol–water partition coefficient (Wildman–Crippen LogP) is 6.22. The van der Waals surface area contributed by atoms with Crippen molar-refractivity contribution in [2.75, 3.05) is 24.5 Å². The first-order chi connectivity index (χ1) is 19.5. The van der Waals surface area contributed by atoms with E-state index in [2.05, 4.69) is 4.90 Å². The fourth-order valence-electron chi connectivity index (χ4n) is 6.15. The number of piperidine rings is 3. The van der Waals surface area contributed by atoms with Crippen molar-refractivity contribution in [3.05, 3.63) is 93.6 Å². The fraction of sp³-hybridized carbons (Fsp3) is 0.281. The van der Waals surface area contributed by atoms with Gasteiger partial charge in [-0.3, -0.25) is 19.1 Å². The normalized spacial score (nSPS) is 20.2. The molecule has 2 bridgehead atoms. The molecule has 3 aliphatic heterocycles. The smallest absolute Gasteiger partial charge is 0.412 e. The number of aromatic nitrogens is 1. The van der Waals surface area contributed by atoms with Crippen molar-refractivity contribution in [3.8, 4) is 11.1 Å². The van der Waals surface area contributed by atoms with Gasteiger partial charge in [-0.15, -0.1) is 0 Å². The second-order valence-electron chi connectivity index (χ2n) is 10.6. The zero-order valence-electron chi connectivity index (χ0n) is 22.1. The quantitative estimate of drug-likeness (QED) is 0.262. The summed E-state index contributed by atoms with van der Waals surface area (Å²) in [6.07, 6.45) is 6.59. The topological polar surface area (TPSA) is 82.8 Å². The third-order valence-electron chi connectivity index (χ3n) is 8.18. The van der Waals surface area contributed by atoms with Crippen molar-refractivity contribution in [2.45, 2.75) is 31.8 Å². The lowest BCUT2D eigenvalue weighted by atomic mass is 9.82. The van der Waals surface area contributed by atoms with Crippen molar-refractivity contribution in [1.29, 1.82) is 0 Å². The minimum absolute atomic E-state index is 0.0458. The maximum absolute atomic E-state index is 12.8. The summed E-state index contributed by atoms with van der Waals surface area (Å²) in [6, 6.07) is 21.2. The van der Waals surface area contributed by atoms with E-state index in [0.717, 1.165) is 77.0 Å². The molecular formula is C32H31N3O4S. The zero-order chi connectivity index (χ0) is 27.6. The van der Waals surface area contributed by atoms with Crippen LogP contribution in [-0.2, 0) is 6.54 Å². The third kappa shape index (κ3) is 5.12. The number of carbonyl (C=O) groups excluding carboxylic acids is 1. The van der Waals surface area contributed by atoms with Crippen LogP contribution in [0.3, 0.4) is 0 Å². The van der Waals surface area contributed by atoms with Gasteiger partial charge in [0.15, 0.2) is 0 Å². The molecule has 0 saturated carbocycles. The first-order valence-electron chi connectivity index (χ1n) is 13.7. The van der Waals surface area contributed by atoms with E-state index >= 15 is 0 Å². The number of rotatable bonds is 8. The molecular weight excluding hydrogens is 522 g/mol. The van der Waals surface area contributed by atoms with Crippen LogP contribution >= 0.6 is 11.3 Å². The lowest BCUT2D eigenvalue weighted by Gasteiger charge is -2.48. The van der Waals surface area contributed by atoms with E-state index in [-0.39, 0.29) is 10.9 Å². The van der Waals surface area contributed by atoms with E-state index in [9.17, 15) is 19.5 Å². The molecule has 0 aliphatic carbocycles. The Morgan fingerprint density at radius 1 is 1.02 bits per heavy atom. The molecule has 3 fully saturated rings. The van der Waals surface area contributed by atoms with Gasteiger partial charge in [-0.2, -0.15) is 0 Å². The molecule has 8 heteroatoms. The van der Waals surface area contributed by atoms with Gasteiger partial charge < -0.3 is 10.0 Å². The van der Waals surface area contributed by atoms with Gasteiger partial charge in [0.25, 0.3) is 0 Å². The molecule has 0 spiro atoms. The predicted molar refractivity (Wildman–Crippen MR) is 160 cm³/mol. The van der Waals surface area contributed by atoms with Gasteiger partial charge in [0.2, 0.25) is 0 Å². The van der Waals surface area contributed by atoms with Gasteiger partial charge in [-0.05, 0) is 73.7 Å². The van der Waals surface area contributed by atoms with E-state index in [0.29, 0.717) is 30.1 Å². The van der Waals surface area contributed by atoms with Crippen LogP contribution < -0.4 is 9.77 Å². The van der Waals surface area contributed by atoms with E-state index in [1.807, 2.05) is 66.7 Å². The number of allylic oxidation sites excluding steroid dienone is 1. The van der Waals surface area contributed by atoms with Crippen molar-refractivity contribution in [2.24, 2.45) is 5.92 Å². The molecule has 3 aromatic carbocycles. The van der Waals surface area contributed by atoms with Crippen LogP contribution in [0.5, 0.6) is 0 Å². The second kappa shape index (κ2) is 11.2. The summed E-state index contributed by atoms with van der Waals surface area (Å²) in [7, 11) is 0. The van der Waals surface area contributed by atoms with Gasteiger partial charge >= 0.3 is 11.0 Å². The first-order valence-corrected chi connectivity index (χ1v) is 14.5. The fourth-order valence-corrected chi connectivity index (χ4v) is 7.12. The Morgan fingerprint density at radius 3 is 2.50 bits per heavy atom. The molecule has 1 aromatic heterocycles. The molecule has 40 heavy (non-hydrogen) atoms. The number of hydrogen-bond acceptors (Lipinski definition) is 5. The highest BCUT2D eigenvalue weighted by Crippen LogP contribution is 2.39. The van der Waals surface area contributed by atoms with Crippen LogP contribution in [0.2, 0.25) is 0 Å². The standard InChI is InChI=1S/C32H31N3O4S/c36-21-23-10-12-27-30(19-23)40-32(39)34(27)15-5-4-6-22-9-11-26(24-7-2-1-3-8-24)28(18-22)35(31(37)38)29-20-33-16-13-25(29)14-17-33/h1-4,6-12,18-19,21,25,29H,5,13-17,20H2,(H,37,38)/t29-/m0/s1. The van der Waals surface area contributed by atoms with Gasteiger partial charge in [-0.25, -0.2) is 4.79 Å². The highest BCUT2D eigenvalue weighted by Gasteiger charge is 2.40. The summed E-state index contributed by atoms with van der Waals surface area (Å²) in [5.74, 6) is 0.366.